The van der Waals surface area contributed by atoms with Crippen molar-refractivity contribution in [3.05, 3.63) is 170 Å². The summed E-state index contributed by atoms with van der Waals surface area (Å²) in [6, 6.07) is 60.7. The van der Waals surface area contributed by atoms with Crippen molar-refractivity contribution in [3.8, 4) is 22.5 Å². The summed E-state index contributed by atoms with van der Waals surface area (Å²) in [5.74, 6) is 0. The fraction of sp³-hybridized carbons (Fsp3) is 0. The largest absolute Gasteiger partial charge is 0.456 e. The highest BCUT2D eigenvalue weighted by Gasteiger charge is 2.20. The molecule has 52 heavy (non-hydrogen) atoms. The van der Waals surface area contributed by atoms with Gasteiger partial charge in [0.1, 0.15) is 22.3 Å². The molecule has 0 unspecified atom stereocenters. The van der Waals surface area contributed by atoms with Crippen LogP contribution in [0.2, 0.25) is 0 Å². The molecule has 4 heteroatoms. The Bertz CT molecular complexity index is 3400. The standard InChI is InChI=1S/C48H28N2O2/c1-3-11-31(12-4-1)49-41-22-20-29(23-36(41)37-25-39-34-15-7-9-17-45(34)52-48(39)28-44(37)49)30-19-21-33-38-27-47-40(35-16-8-10-18-46(35)51-47)26-43(38)50(42(33)24-30)32-13-5-2-6-14-32/h1-28H. The molecular formula is C48H28N2O2. The van der Waals surface area contributed by atoms with Crippen molar-refractivity contribution >= 4 is 87.5 Å². The van der Waals surface area contributed by atoms with Crippen LogP contribution in [0.4, 0.5) is 0 Å². The first-order chi connectivity index (χ1) is 25.8. The van der Waals surface area contributed by atoms with E-state index in [0.717, 1.165) is 77.3 Å². The molecule has 12 aromatic rings. The van der Waals surface area contributed by atoms with E-state index < -0.39 is 0 Å². The molecule has 0 saturated heterocycles. The monoisotopic (exact) mass is 664 g/mol. The molecule has 4 aromatic heterocycles. The van der Waals surface area contributed by atoms with Gasteiger partial charge in [-0.05, 0) is 83.9 Å². The van der Waals surface area contributed by atoms with E-state index in [0.29, 0.717) is 0 Å². The van der Waals surface area contributed by atoms with E-state index >= 15 is 0 Å². The van der Waals surface area contributed by atoms with Crippen molar-refractivity contribution in [1.82, 2.24) is 9.13 Å². The fourth-order valence-electron chi connectivity index (χ4n) is 8.54. The molecule has 0 bridgehead atoms. The maximum Gasteiger partial charge on any atom is 0.137 e. The van der Waals surface area contributed by atoms with Crippen molar-refractivity contribution in [1.29, 1.82) is 0 Å². The van der Waals surface area contributed by atoms with Crippen LogP contribution in [-0.4, -0.2) is 9.13 Å². The highest BCUT2D eigenvalue weighted by molar-refractivity contribution is 6.19. The third-order valence-corrected chi connectivity index (χ3v) is 10.9. The summed E-state index contributed by atoms with van der Waals surface area (Å²) < 4.78 is 17.5. The first kappa shape index (κ1) is 27.7. The Morgan fingerprint density at radius 3 is 1.48 bits per heavy atom. The van der Waals surface area contributed by atoms with Gasteiger partial charge in [0.05, 0.1) is 22.1 Å². The van der Waals surface area contributed by atoms with E-state index in [4.69, 9.17) is 8.83 Å². The van der Waals surface area contributed by atoms with Crippen LogP contribution in [0.5, 0.6) is 0 Å². The number of fused-ring (bicyclic) bond motifs is 12. The Morgan fingerprint density at radius 2 is 0.769 bits per heavy atom. The summed E-state index contributed by atoms with van der Waals surface area (Å²) in [4.78, 5) is 0. The highest BCUT2D eigenvalue weighted by Crippen LogP contribution is 2.42. The van der Waals surface area contributed by atoms with E-state index in [1.807, 2.05) is 24.3 Å². The number of furan rings is 2. The summed E-state index contributed by atoms with van der Waals surface area (Å²) in [7, 11) is 0. The van der Waals surface area contributed by atoms with E-state index in [-0.39, 0.29) is 0 Å². The second-order valence-corrected chi connectivity index (χ2v) is 13.7. The number of hydrogen-bond acceptors (Lipinski definition) is 2. The maximum absolute atomic E-state index is 6.37. The highest BCUT2D eigenvalue weighted by atomic mass is 16.3. The zero-order valence-corrected chi connectivity index (χ0v) is 27.9. The van der Waals surface area contributed by atoms with Gasteiger partial charge in [0.2, 0.25) is 0 Å². The van der Waals surface area contributed by atoms with Crippen molar-refractivity contribution in [2.45, 2.75) is 0 Å². The average molecular weight is 665 g/mol. The van der Waals surface area contributed by atoms with Crippen LogP contribution in [0.25, 0.3) is 110 Å². The second kappa shape index (κ2) is 10.3. The summed E-state index contributed by atoms with van der Waals surface area (Å²) in [6.45, 7) is 0. The van der Waals surface area contributed by atoms with Gasteiger partial charge in [-0.3, -0.25) is 0 Å². The van der Waals surface area contributed by atoms with Gasteiger partial charge < -0.3 is 18.0 Å². The normalized spacial score (nSPS) is 12.2. The summed E-state index contributed by atoms with van der Waals surface area (Å²) in [6.07, 6.45) is 0. The molecule has 0 spiro atoms. The topological polar surface area (TPSA) is 36.1 Å². The molecule has 0 radical (unpaired) electrons. The number of aromatic nitrogens is 2. The van der Waals surface area contributed by atoms with Gasteiger partial charge >= 0.3 is 0 Å². The van der Waals surface area contributed by atoms with Crippen LogP contribution in [0.3, 0.4) is 0 Å². The lowest BCUT2D eigenvalue weighted by Gasteiger charge is -2.10. The molecule has 0 aliphatic rings. The molecule has 242 valence electrons. The smallest absolute Gasteiger partial charge is 0.137 e. The van der Waals surface area contributed by atoms with E-state index in [1.54, 1.807) is 0 Å². The van der Waals surface area contributed by atoms with E-state index in [2.05, 4.69) is 155 Å². The van der Waals surface area contributed by atoms with Gasteiger partial charge in [-0.2, -0.15) is 0 Å². The molecule has 0 saturated carbocycles. The minimum Gasteiger partial charge on any atom is -0.456 e. The molecule has 4 nitrogen and oxygen atoms in total. The minimum atomic E-state index is 0.896. The molecule has 0 atom stereocenters. The van der Waals surface area contributed by atoms with Crippen molar-refractivity contribution in [3.63, 3.8) is 0 Å². The Morgan fingerprint density at radius 1 is 0.269 bits per heavy atom. The minimum absolute atomic E-state index is 0.896. The van der Waals surface area contributed by atoms with Crippen molar-refractivity contribution in [2.24, 2.45) is 0 Å². The van der Waals surface area contributed by atoms with Crippen molar-refractivity contribution < 1.29 is 8.83 Å². The quantitative estimate of drug-likeness (QED) is 0.188. The lowest BCUT2D eigenvalue weighted by atomic mass is 10.0. The zero-order chi connectivity index (χ0) is 33.9. The van der Waals surface area contributed by atoms with Crippen LogP contribution in [0, 0.1) is 0 Å². The number of para-hydroxylation sites is 4. The Kier molecular flexibility index (Phi) is 5.47. The predicted molar refractivity (Wildman–Crippen MR) is 215 cm³/mol. The van der Waals surface area contributed by atoms with Gasteiger partial charge in [-0.15, -0.1) is 0 Å². The Labute approximate surface area is 296 Å². The average Bonchev–Trinajstić information content (AvgIpc) is 3.93. The van der Waals surface area contributed by atoms with E-state index in [9.17, 15) is 0 Å². The Balaban J connectivity index is 1.13. The van der Waals surface area contributed by atoms with Gasteiger partial charge in [-0.1, -0.05) is 91.0 Å². The molecule has 8 aromatic carbocycles. The van der Waals surface area contributed by atoms with Gasteiger partial charge in [0.25, 0.3) is 0 Å². The van der Waals surface area contributed by atoms with E-state index in [1.165, 1.54) is 32.7 Å². The van der Waals surface area contributed by atoms with Gasteiger partial charge in [0.15, 0.2) is 0 Å². The summed E-state index contributed by atoms with van der Waals surface area (Å²) in [5, 5.41) is 9.31. The third kappa shape index (κ3) is 3.81. The van der Waals surface area contributed by atoms with Crippen molar-refractivity contribution in [2.75, 3.05) is 0 Å². The molecule has 0 amide bonds. The van der Waals surface area contributed by atoms with Crippen LogP contribution in [0.15, 0.2) is 179 Å². The second-order valence-electron chi connectivity index (χ2n) is 13.7. The SMILES string of the molecule is c1ccc(-n2c3ccc(-c4ccc5c6cc7oc8ccccc8c7cc6n(-c6ccccc6)c5c4)cc3c3cc4c(cc32)oc2ccccc24)cc1. The zero-order valence-electron chi connectivity index (χ0n) is 27.9. The molecule has 0 fully saturated rings. The van der Waals surface area contributed by atoms with Gasteiger partial charge in [-0.25, -0.2) is 0 Å². The van der Waals surface area contributed by atoms with Crippen LogP contribution in [-0.2, 0) is 0 Å². The fourth-order valence-corrected chi connectivity index (χ4v) is 8.54. The number of nitrogens with zero attached hydrogens (tertiary/aromatic N) is 2. The summed E-state index contributed by atoms with van der Waals surface area (Å²) in [5.41, 5.74) is 12.8. The first-order valence-electron chi connectivity index (χ1n) is 17.7. The number of benzene rings is 8. The maximum atomic E-state index is 6.37. The first-order valence-corrected chi connectivity index (χ1v) is 17.7. The lowest BCUT2D eigenvalue weighted by molar-refractivity contribution is 0.669. The van der Waals surface area contributed by atoms with Crippen LogP contribution in [0.1, 0.15) is 0 Å². The lowest BCUT2D eigenvalue weighted by Crippen LogP contribution is -1.94. The molecular weight excluding hydrogens is 637 g/mol. The Hall–Kier alpha value is -7.04. The molecule has 0 aliphatic carbocycles. The molecule has 0 N–H and O–H groups in total. The number of hydrogen-bond donors (Lipinski definition) is 0. The molecule has 0 aliphatic heterocycles. The predicted octanol–water partition coefficient (Wildman–Crippen LogP) is 13.3. The van der Waals surface area contributed by atoms with Crippen LogP contribution >= 0.6 is 0 Å². The number of rotatable bonds is 3. The molecule has 12 rings (SSSR count). The molecule has 4 heterocycles. The van der Waals surface area contributed by atoms with Gasteiger partial charge in [0, 0.05) is 60.5 Å². The van der Waals surface area contributed by atoms with Crippen LogP contribution < -0.4 is 0 Å². The summed E-state index contributed by atoms with van der Waals surface area (Å²) >= 11 is 0. The third-order valence-electron chi connectivity index (χ3n) is 10.9.